The molecule has 6 heteroatoms. The van der Waals surface area contributed by atoms with Gasteiger partial charge in [0, 0.05) is 6.42 Å². The number of ether oxygens (including phenoxy) is 1. The van der Waals surface area contributed by atoms with Crippen LogP contribution in [0.25, 0.3) is 10.8 Å². The molecule has 0 aliphatic carbocycles. The topological polar surface area (TPSA) is 71.9 Å². The van der Waals surface area contributed by atoms with E-state index in [0.717, 1.165) is 5.75 Å². The van der Waals surface area contributed by atoms with Crippen molar-refractivity contribution in [2.24, 2.45) is 0 Å². The first kappa shape index (κ1) is 13.3. The molecular weight excluding hydrogens is 286 g/mol. The molecule has 0 fully saturated rings. The van der Waals surface area contributed by atoms with Crippen molar-refractivity contribution < 1.29 is 9.26 Å². The van der Waals surface area contributed by atoms with Gasteiger partial charge in [0.15, 0.2) is 5.82 Å². The summed E-state index contributed by atoms with van der Waals surface area (Å²) in [5.41, 5.74) is 0.552. The van der Waals surface area contributed by atoms with Crippen molar-refractivity contribution in [3.63, 3.8) is 0 Å². The second-order valence-corrected chi connectivity index (χ2v) is 5.12. The van der Waals surface area contributed by atoms with Crippen molar-refractivity contribution in [1.82, 2.24) is 10.1 Å². The van der Waals surface area contributed by atoms with Gasteiger partial charge in [-0.2, -0.15) is 10.2 Å². The molecule has 0 atom stereocenters. The first-order valence-corrected chi connectivity index (χ1v) is 7.23. The lowest BCUT2D eigenvalue weighted by atomic mass is 10.3. The Morgan fingerprint density at radius 3 is 2.90 bits per heavy atom. The Morgan fingerprint density at radius 1 is 1.24 bits per heavy atom. The zero-order valence-corrected chi connectivity index (χ0v) is 11.8. The fraction of sp³-hybridized carbons (Fsp3) is 0.133. The predicted octanol–water partition coefficient (Wildman–Crippen LogP) is 3.29. The molecule has 21 heavy (non-hydrogen) atoms. The van der Waals surface area contributed by atoms with Crippen molar-refractivity contribution in [2.75, 3.05) is 6.61 Å². The van der Waals surface area contributed by atoms with E-state index in [0.29, 0.717) is 35.2 Å². The van der Waals surface area contributed by atoms with E-state index in [9.17, 15) is 0 Å². The highest BCUT2D eigenvalue weighted by Gasteiger charge is 2.14. The molecule has 0 amide bonds. The second-order valence-electron chi connectivity index (χ2n) is 4.20. The molecule has 104 valence electrons. The minimum atomic E-state index is 0.385. The average Bonchev–Trinajstić information content (AvgIpc) is 3.16. The van der Waals surface area contributed by atoms with Gasteiger partial charge in [-0.25, -0.2) is 0 Å². The zero-order chi connectivity index (χ0) is 14.5. The summed E-state index contributed by atoms with van der Waals surface area (Å²) in [4.78, 5) is 5.00. The second kappa shape index (κ2) is 6.20. The lowest BCUT2D eigenvalue weighted by Crippen LogP contribution is -2.02. The Kier molecular flexibility index (Phi) is 3.94. The lowest BCUT2D eigenvalue weighted by molar-refractivity contribution is 0.315. The molecule has 1 aromatic carbocycles. The lowest BCUT2D eigenvalue weighted by Gasteiger charge is -2.02. The number of hydrogen-bond acceptors (Lipinski definition) is 6. The van der Waals surface area contributed by atoms with E-state index < -0.39 is 0 Å². The Bertz CT molecular complexity index is 759. The molecule has 0 radical (unpaired) electrons. The number of benzene rings is 1. The van der Waals surface area contributed by atoms with Gasteiger partial charge in [0.05, 0.1) is 12.2 Å². The third-order valence-electron chi connectivity index (χ3n) is 2.79. The molecule has 2 aromatic heterocycles. The number of rotatable bonds is 5. The van der Waals surface area contributed by atoms with Crippen LogP contribution < -0.4 is 4.74 Å². The van der Waals surface area contributed by atoms with Gasteiger partial charge in [-0.1, -0.05) is 23.4 Å². The molecule has 0 N–H and O–H groups in total. The van der Waals surface area contributed by atoms with Gasteiger partial charge >= 0.3 is 0 Å². The number of nitriles is 1. The average molecular weight is 297 g/mol. The molecular formula is C15H11N3O2S. The van der Waals surface area contributed by atoms with Crippen LogP contribution in [0.4, 0.5) is 0 Å². The van der Waals surface area contributed by atoms with Gasteiger partial charge < -0.3 is 9.26 Å². The summed E-state index contributed by atoms with van der Waals surface area (Å²) < 4.78 is 10.8. The standard InChI is InChI=1S/C15H11N3O2S/c16-10-11-7-9-21-14(11)15-17-13(18-20-15)6-8-19-12-4-2-1-3-5-12/h1-5,7,9H,6,8H2. The van der Waals surface area contributed by atoms with Crippen LogP contribution in [0, 0.1) is 11.3 Å². The number of para-hydroxylation sites is 1. The molecule has 3 rings (SSSR count). The summed E-state index contributed by atoms with van der Waals surface area (Å²) in [6, 6.07) is 13.4. The minimum absolute atomic E-state index is 0.385. The number of nitrogens with zero attached hydrogens (tertiary/aromatic N) is 3. The van der Waals surface area contributed by atoms with Crippen molar-refractivity contribution in [3.05, 3.63) is 53.2 Å². The molecule has 0 bridgehead atoms. The van der Waals surface area contributed by atoms with Crippen LogP contribution in [-0.2, 0) is 6.42 Å². The molecule has 0 aliphatic rings. The van der Waals surface area contributed by atoms with E-state index in [1.807, 2.05) is 35.7 Å². The SMILES string of the molecule is N#Cc1ccsc1-c1nc(CCOc2ccccc2)no1. The number of aromatic nitrogens is 2. The highest BCUT2D eigenvalue weighted by Crippen LogP contribution is 2.27. The molecule has 0 unspecified atom stereocenters. The number of thiophene rings is 1. The van der Waals surface area contributed by atoms with E-state index in [4.69, 9.17) is 14.5 Å². The molecule has 3 aromatic rings. The quantitative estimate of drug-likeness (QED) is 0.722. The Balaban J connectivity index is 1.62. The fourth-order valence-electron chi connectivity index (χ4n) is 1.79. The maximum absolute atomic E-state index is 8.99. The van der Waals surface area contributed by atoms with Crippen LogP contribution in [0.15, 0.2) is 46.3 Å². The molecule has 0 spiro atoms. The first-order valence-electron chi connectivity index (χ1n) is 6.35. The summed E-state index contributed by atoms with van der Waals surface area (Å²) in [6.07, 6.45) is 0.547. The molecule has 2 heterocycles. The van der Waals surface area contributed by atoms with E-state index in [-0.39, 0.29) is 0 Å². The monoisotopic (exact) mass is 297 g/mol. The van der Waals surface area contributed by atoms with Crippen LogP contribution in [0.3, 0.4) is 0 Å². The zero-order valence-electron chi connectivity index (χ0n) is 11.0. The van der Waals surface area contributed by atoms with Gasteiger partial charge in [-0.05, 0) is 23.6 Å². The summed E-state index contributed by atoms with van der Waals surface area (Å²) in [5.74, 6) is 1.76. The van der Waals surface area contributed by atoms with Crippen LogP contribution in [0.2, 0.25) is 0 Å². The van der Waals surface area contributed by atoms with Crippen LogP contribution in [0.1, 0.15) is 11.4 Å². The highest BCUT2D eigenvalue weighted by molar-refractivity contribution is 7.13. The van der Waals surface area contributed by atoms with E-state index in [2.05, 4.69) is 16.2 Å². The van der Waals surface area contributed by atoms with Crippen LogP contribution in [0.5, 0.6) is 5.75 Å². The van der Waals surface area contributed by atoms with E-state index in [1.54, 1.807) is 6.07 Å². The molecule has 0 saturated carbocycles. The predicted molar refractivity (Wildman–Crippen MR) is 78.0 cm³/mol. The summed E-state index contributed by atoms with van der Waals surface area (Å²) in [6.45, 7) is 0.471. The van der Waals surface area contributed by atoms with Crippen molar-refractivity contribution >= 4 is 11.3 Å². The first-order chi connectivity index (χ1) is 10.4. The third kappa shape index (κ3) is 3.09. The summed E-state index contributed by atoms with van der Waals surface area (Å²) in [7, 11) is 0. The Hall–Kier alpha value is -2.65. The summed E-state index contributed by atoms with van der Waals surface area (Å²) >= 11 is 1.41. The highest BCUT2D eigenvalue weighted by atomic mass is 32.1. The number of hydrogen-bond donors (Lipinski definition) is 0. The van der Waals surface area contributed by atoms with Crippen molar-refractivity contribution in [2.45, 2.75) is 6.42 Å². The van der Waals surface area contributed by atoms with Gasteiger partial charge in [-0.3, -0.25) is 0 Å². The smallest absolute Gasteiger partial charge is 0.269 e. The van der Waals surface area contributed by atoms with E-state index >= 15 is 0 Å². The molecule has 0 saturated heterocycles. The van der Waals surface area contributed by atoms with Crippen molar-refractivity contribution in [3.8, 4) is 22.6 Å². The van der Waals surface area contributed by atoms with Gasteiger partial charge in [0.25, 0.3) is 5.89 Å². The normalized spacial score (nSPS) is 10.2. The molecule has 0 aliphatic heterocycles. The summed E-state index contributed by atoms with van der Waals surface area (Å²) in [5, 5.41) is 14.7. The fourth-order valence-corrected chi connectivity index (χ4v) is 2.55. The minimum Gasteiger partial charge on any atom is -0.493 e. The van der Waals surface area contributed by atoms with Gasteiger partial charge in [0.2, 0.25) is 0 Å². The Morgan fingerprint density at radius 2 is 2.10 bits per heavy atom. The van der Waals surface area contributed by atoms with Gasteiger partial charge in [0.1, 0.15) is 16.7 Å². The van der Waals surface area contributed by atoms with Crippen molar-refractivity contribution in [1.29, 1.82) is 5.26 Å². The maximum atomic E-state index is 8.99. The maximum Gasteiger partial charge on any atom is 0.269 e. The van der Waals surface area contributed by atoms with Crippen LogP contribution >= 0.6 is 11.3 Å². The Labute approximate surface area is 125 Å². The van der Waals surface area contributed by atoms with Crippen LogP contribution in [-0.4, -0.2) is 16.7 Å². The largest absolute Gasteiger partial charge is 0.493 e. The third-order valence-corrected chi connectivity index (χ3v) is 3.69. The van der Waals surface area contributed by atoms with E-state index in [1.165, 1.54) is 11.3 Å². The van der Waals surface area contributed by atoms with Gasteiger partial charge in [-0.15, -0.1) is 11.3 Å². The molecule has 5 nitrogen and oxygen atoms in total.